The SMILES string of the molecule is Cc1nc(C(=O)Nc2ccc(F)cc2F)n[nH]1. The predicted molar refractivity (Wildman–Crippen MR) is 55.4 cm³/mol. The van der Waals surface area contributed by atoms with Crippen LogP contribution in [0.2, 0.25) is 0 Å². The molecule has 0 aliphatic carbocycles. The van der Waals surface area contributed by atoms with Gasteiger partial charge < -0.3 is 5.32 Å². The van der Waals surface area contributed by atoms with Gasteiger partial charge in [0.05, 0.1) is 5.69 Å². The highest BCUT2D eigenvalue weighted by molar-refractivity contribution is 6.01. The third-order valence-corrected chi connectivity index (χ3v) is 1.98. The average molecular weight is 238 g/mol. The molecule has 2 rings (SSSR count). The van der Waals surface area contributed by atoms with Crippen LogP contribution < -0.4 is 5.32 Å². The number of benzene rings is 1. The van der Waals surface area contributed by atoms with Gasteiger partial charge in [-0.05, 0) is 19.1 Å². The molecule has 1 heterocycles. The van der Waals surface area contributed by atoms with E-state index < -0.39 is 17.5 Å². The highest BCUT2D eigenvalue weighted by atomic mass is 19.1. The van der Waals surface area contributed by atoms with Crippen molar-refractivity contribution in [3.63, 3.8) is 0 Å². The van der Waals surface area contributed by atoms with Crippen LogP contribution in [0.15, 0.2) is 18.2 Å². The van der Waals surface area contributed by atoms with Gasteiger partial charge in [-0.25, -0.2) is 13.8 Å². The molecule has 2 N–H and O–H groups in total. The number of rotatable bonds is 2. The highest BCUT2D eigenvalue weighted by Gasteiger charge is 2.13. The summed E-state index contributed by atoms with van der Waals surface area (Å²) < 4.78 is 25.9. The number of amides is 1. The van der Waals surface area contributed by atoms with E-state index in [1.165, 1.54) is 0 Å². The van der Waals surface area contributed by atoms with Crippen LogP contribution in [0.1, 0.15) is 16.4 Å². The van der Waals surface area contributed by atoms with E-state index in [0.29, 0.717) is 11.9 Å². The Morgan fingerprint density at radius 2 is 2.18 bits per heavy atom. The molecule has 0 fully saturated rings. The number of H-pyrrole nitrogens is 1. The molecule has 88 valence electrons. The molecular formula is C10H8F2N4O. The Bertz CT molecular complexity index is 567. The van der Waals surface area contributed by atoms with Gasteiger partial charge in [-0.15, -0.1) is 5.10 Å². The van der Waals surface area contributed by atoms with Crippen molar-refractivity contribution >= 4 is 11.6 Å². The van der Waals surface area contributed by atoms with Crippen LogP contribution in [0.5, 0.6) is 0 Å². The molecule has 7 heteroatoms. The van der Waals surface area contributed by atoms with Crippen LogP contribution in [-0.2, 0) is 0 Å². The first-order valence-electron chi connectivity index (χ1n) is 4.71. The number of carbonyl (C=O) groups excluding carboxylic acids is 1. The van der Waals surface area contributed by atoms with Gasteiger partial charge in [-0.3, -0.25) is 9.89 Å². The molecule has 1 aromatic carbocycles. The molecule has 1 aromatic heterocycles. The molecule has 0 atom stereocenters. The number of aromatic nitrogens is 3. The van der Waals surface area contributed by atoms with Gasteiger partial charge in [0.25, 0.3) is 5.91 Å². The summed E-state index contributed by atoms with van der Waals surface area (Å²) in [6.45, 7) is 1.63. The summed E-state index contributed by atoms with van der Waals surface area (Å²) in [5.74, 6) is -1.87. The summed E-state index contributed by atoms with van der Waals surface area (Å²) in [7, 11) is 0. The van der Waals surface area contributed by atoms with Gasteiger partial charge in [-0.1, -0.05) is 0 Å². The Kier molecular flexibility index (Phi) is 2.82. The van der Waals surface area contributed by atoms with E-state index in [9.17, 15) is 13.6 Å². The van der Waals surface area contributed by atoms with Crippen LogP contribution >= 0.6 is 0 Å². The van der Waals surface area contributed by atoms with Crippen LogP contribution in [0.3, 0.4) is 0 Å². The second kappa shape index (κ2) is 4.28. The molecule has 1 amide bonds. The van der Waals surface area contributed by atoms with E-state index in [-0.39, 0.29) is 11.5 Å². The summed E-state index contributed by atoms with van der Waals surface area (Å²) in [5, 5.41) is 8.34. The molecule has 0 spiro atoms. The van der Waals surface area contributed by atoms with E-state index in [0.717, 1.165) is 12.1 Å². The smallest absolute Gasteiger partial charge is 0.295 e. The van der Waals surface area contributed by atoms with E-state index in [4.69, 9.17) is 0 Å². The number of carbonyl (C=O) groups is 1. The van der Waals surface area contributed by atoms with Crippen molar-refractivity contribution < 1.29 is 13.6 Å². The van der Waals surface area contributed by atoms with Crippen molar-refractivity contribution in [2.45, 2.75) is 6.92 Å². The molecule has 2 aromatic rings. The van der Waals surface area contributed by atoms with Crippen molar-refractivity contribution in [3.8, 4) is 0 Å². The quantitative estimate of drug-likeness (QED) is 0.835. The highest BCUT2D eigenvalue weighted by Crippen LogP contribution is 2.15. The fraction of sp³-hybridized carbons (Fsp3) is 0.100. The van der Waals surface area contributed by atoms with Crippen molar-refractivity contribution in [3.05, 3.63) is 41.5 Å². The van der Waals surface area contributed by atoms with Crippen LogP contribution in [0, 0.1) is 18.6 Å². The number of hydrogen-bond acceptors (Lipinski definition) is 3. The summed E-state index contributed by atoms with van der Waals surface area (Å²) in [5.41, 5.74) is -0.126. The molecule has 17 heavy (non-hydrogen) atoms. The Morgan fingerprint density at radius 1 is 1.41 bits per heavy atom. The molecule has 0 aliphatic rings. The van der Waals surface area contributed by atoms with Crippen LogP contribution in [-0.4, -0.2) is 21.1 Å². The average Bonchev–Trinajstić information content (AvgIpc) is 2.69. The molecule has 0 unspecified atom stereocenters. The zero-order chi connectivity index (χ0) is 12.4. The third kappa shape index (κ3) is 2.44. The Labute approximate surface area is 94.9 Å². The van der Waals surface area contributed by atoms with Gasteiger partial charge in [-0.2, -0.15) is 0 Å². The van der Waals surface area contributed by atoms with Crippen molar-refractivity contribution in [2.75, 3.05) is 5.32 Å². The first-order chi connectivity index (χ1) is 8.06. The first-order valence-corrected chi connectivity index (χ1v) is 4.71. The third-order valence-electron chi connectivity index (χ3n) is 1.98. The minimum atomic E-state index is -0.856. The molecule has 0 aliphatic heterocycles. The Balaban J connectivity index is 2.18. The van der Waals surface area contributed by atoms with Gasteiger partial charge in [0, 0.05) is 6.07 Å². The lowest BCUT2D eigenvalue weighted by molar-refractivity contribution is 0.101. The monoisotopic (exact) mass is 238 g/mol. The standard InChI is InChI=1S/C10H8F2N4O/c1-5-13-9(16-15-5)10(17)14-8-3-2-6(11)4-7(8)12/h2-4H,1H3,(H,14,17)(H,13,15,16). The number of anilines is 1. The number of halogens is 2. The summed E-state index contributed by atoms with van der Waals surface area (Å²) in [6, 6.07) is 2.85. The number of hydrogen-bond donors (Lipinski definition) is 2. The van der Waals surface area contributed by atoms with E-state index in [2.05, 4.69) is 20.5 Å². The first kappa shape index (κ1) is 11.2. The molecule has 0 radical (unpaired) electrons. The largest absolute Gasteiger partial charge is 0.317 e. The van der Waals surface area contributed by atoms with Crippen molar-refractivity contribution in [2.24, 2.45) is 0 Å². The zero-order valence-electron chi connectivity index (χ0n) is 8.79. The van der Waals surface area contributed by atoms with E-state index in [1.54, 1.807) is 6.92 Å². The van der Waals surface area contributed by atoms with Gasteiger partial charge in [0.2, 0.25) is 5.82 Å². The second-order valence-electron chi connectivity index (χ2n) is 3.32. The van der Waals surface area contributed by atoms with Crippen molar-refractivity contribution in [1.82, 2.24) is 15.2 Å². The molecule has 5 nitrogen and oxygen atoms in total. The predicted octanol–water partition coefficient (Wildman–Crippen LogP) is 1.64. The number of aryl methyl sites for hydroxylation is 1. The maximum atomic E-state index is 13.2. The maximum absolute atomic E-state index is 13.2. The molecule has 0 bridgehead atoms. The van der Waals surface area contributed by atoms with E-state index in [1.807, 2.05) is 0 Å². The number of nitrogens with one attached hydrogen (secondary N) is 2. The minimum absolute atomic E-state index is 0.105. The lowest BCUT2D eigenvalue weighted by Crippen LogP contribution is -2.14. The van der Waals surface area contributed by atoms with Crippen molar-refractivity contribution in [1.29, 1.82) is 0 Å². The van der Waals surface area contributed by atoms with Crippen LogP contribution in [0.25, 0.3) is 0 Å². The Hall–Kier alpha value is -2.31. The molecule has 0 saturated heterocycles. The fourth-order valence-electron chi connectivity index (χ4n) is 1.21. The summed E-state index contributed by atoms with van der Waals surface area (Å²) >= 11 is 0. The summed E-state index contributed by atoms with van der Waals surface area (Å²) in [4.78, 5) is 15.3. The fourth-order valence-corrected chi connectivity index (χ4v) is 1.21. The molecule has 0 saturated carbocycles. The van der Waals surface area contributed by atoms with Crippen LogP contribution in [0.4, 0.5) is 14.5 Å². The lowest BCUT2D eigenvalue weighted by Gasteiger charge is -2.03. The van der Waals surface area contributed by atoms with Gasteiger partial charge >= 0.3 is 0 Å². The Morgan fingerprint density at radius 3 is 2.76 bits per heavy atom. The summed E-state index contributed by atoms with van der Waals surface area (Å²) in [6.07, 6.45) is 0. The topological polar surface area (TPSA) is 70.7 Å². The van der Waals surface area contributed by atoms with Gasteiger partial charge in [0.1, 0.15) is 17.5 Å². The minimum Gasteiger partial charge on any atom is -0.317 e. The zero-order valence-corrected chi connectivity index (χ0v) is 8.79. The lowest BCUT2D eigenvalue weighted by atomic mass is 10.3. The van der Waals surface area contributed by atoms with E-state index >= 15 is 0 Å². The molecular weight excluding hydrogens is 230 g/mol. The number of aromatic amines is 1. The normalized spacial score (nSPS) is 10.3. The second-order valence-corrected chi connectivity index (χ2v) is 3.32. The number of nitrogens with zero attached hydrogens (tertiary/aromatic N) is 2. The van der Waals surface area contributed by atoms with Gasteiger partial charge in [0.15, 0.2) is 0 Å². The maximum Gasteiger partial charge on any atom is 0.295 e.